The summed E-state index contributed by atoms with van der Waals surface area (Å²) < 4.78 is 0. The molecule has 31 valence electrons. The van der Waals surface area contributed by atoms with Crippen LogP contribution in [0.15, 0.2) is 10.2 Å². The van der Waals surface area contributed by atoms with E-state index < -0.39 is 0 Å². The van der Waals surface area contributed by atoms with E-state index in [9.17, 15) is 0 Å². The Hall–Kier alpha value is -1.06. The first-order chi connectivity index (χ1) is 3.00. The third kappa shape index (κ3) is 0.453. The molecule has 1 radical (unpaired) electrons. The highest BCUT2D eigenvalue weighted by Crippen LogP contribution is 1.60. The predicted octanol–water partition coefficient (Wildman–Crippen LogP) is -0.919. The normalized spacial score (nSPS) is 16.0. The van der Waals surface area contributed by atoms with E-state index in [4.69, 9.17) is 0 Å². The number of nitrogens with one attached hydrogen (secondary N) is 1. The number of hydrazone groups is 1. The zero-order valence-corrected chi connectivity index (χ0v) is 3.00. The van der Waals surface area contributed by atoms with Crippen LogP contribution in [-0.2, 0) is 0 Å². The Bertz CT molecular complexity index is 63.5. The molecule has 4 heteroatoms. The highest BCUT2D eigenvalue weighted by Gasteiger charge is 1.75. The molecule has 0 spiro atoms. The van der Waals surface area contributed by atoms with Crippen molar-refractivity contribution in [3.05, 3.63) is 0 Å². The number of nitrogens with zero attached hydrogens (tertiary/aromatic N) is 3. The maximum Gasteiger partial charge on any atom is 0.158 e. The van der Waals surface area contributed by atoms with Gasteiger partial charge in [0, 0.05) is 0 Å². The van der Waals surface area contributed by atoms with E-state index in [2.05, 4.69) is 21.1 Å². The summed E-state index contributed by atoms with van der Waals surface area (Å²) in [7, 11) is 0. The Morgan fingerprint density at radius 1 is 1.50 bits per heavy atom. The smallest absolute Gasteiger partial charge is 0.158 e. The fraction of sp³-hybridized carbons (Fsp3) is 0. The molecule has 0 amide bonds. The molecule has 4 nitrogen and oxygen atoms in total. The van der Waals surface area contributed by atoms with Gasteiger partial charge in [0.25, 0.3) is 0 Å². The summed E-state index contributed by atoms with van der Waals surface area (Å²) in [6.07, 6.45) is 2.74. The Kier molecular flexibility index (Phi) is 0.731. The van der Waals surface area contributed by atoms with Crippen molar-refractivity contribution < 1.29 is 0 Å². The van der Waals surface area contributed by atoms with Gasteiger partial charge in [-0.2, -0.15) is 5.10 Å². The zero-order chi connectivity index (χ0) is 4.24. The highest BCUT2D eigenvalue weighted by atomic mass is 15.4. The van der Waals surface area contributed by atoms with Gasteiger partial charge < -0.3 is 0 Å². The quantitative estimate of drug-likeness (QED) is 0.404. The first kappa shape index (κ1) is 3.14. The molecule has 0 saturated carbocycles. The van der Waals surface area contributed by atoms with E-state index >= 15 is 0 Å². The van der Waals surface area contributed by atoms with Crippen LogP contribution in [0.2, 0.25) is 0 Å². The van der Waals surface area contributed by atoms with Crippen LogP contribution in [0.4, 0.5) is 0 Å². The molecule has 0 aliphatic carbocycles. The van der Waals surface area contributed by atoms with E-state index in [-0.39, 0.29) is 0 Å². The molecule has 1 heterocycles. The average molecular weight is 83.1 g/mol. The van der Waals surface area contributed by atoms with E-state index in [0.29, 0.717) is 0 Å². The van der Waals surface area contributed by atoms with Gasteiger partial charge in [-0.3, -0.25) is 5.43 Å². The summed E-state index contributed by atoms with van der Waals surface area (Å²) in [5.41, 5.74) is 5.86. The topological polar surface area (TPSA) is 50.9 Å². The molecular formula is C2H3N4. The van der Waals surface area contributed by atoms with Gasteiger partial charge in [-0.25, -0.2) is 0 Å². The molecule has 0 fully saturated rings. The molecule has 1 aliphatic heterocycles. The standard InChI is InChI=1S/C2H3N4/c1-3-5-2-6-4-1/h1-2H,(H,3,4). The second kappa shape index (κ2) is 1.40. The summed E-state index contributed by atoms with van der Waals surface area (Å²) in [6, 6.07) is 0. The van der Waals surface area contributed by atoms with Crippen LogP contribution < -0.4 is 10.9 Å². The third-order valence-electron chi connectivity index (χ3n) is 0.366. The maximum atomic E-state index is 3.49. The van der Waals surface area contributed by atoms with Gasteiger partial charge in [-0.15, -0.1) is 10.5 Å². The zero-order valence-electron chi connectivity index (χ0n) is 3.00. The molecule has 0 bridgehead atoms. The molecule has 6 heavy (non-hydrogen) atoms. The van der Waals surface area contributed by atoms with Gasteiger partial charge in [-0.1, -0.05) is 0 Å². The SMILES string of the molecule is C1=N[N]C=NN1. The maximum absolute atomic E-state index is 3.49. The molecule has 1 rings (SSSR count). The molecule has 0 saturated heterocycles. The number of hydrogen-bond acceptors (Lipinski definition) is 3. The lowest BCUT2D eigenvalue weighted by molar-refractivity contribution is 0.918. The van der Waals surface area contributed by atoms with Crippen LogP contribution in [0.5, 0.6) is 0 Å². The minimum atomic E-state index is 1.33. The van der Waals surface area contributed by atoms with Gasteiger partial charge >= 0.3 is 0 Å². The van der Waals surface area contributed by atoms with Crippen molar-refractivity contribution in [3.8, 4) is 0 Å². The molecule has 0 aromatic heterocycles. The summed E-state index contributed by atoms with van der Waals surface area (Å²) >= 11 is 0. The second-order valence-corrected chi connectivity index (χ2v) is 0.734. The fourth-order valence-corrected chi connectivity index (χ4v) is 0.181. The molecule has 0 atom stereocenters. The lowest BCUT2D eigenvalue weighted by Gasteiger charge is -1.90. The van der Waals surface area contributed by atoms with Crippen molar-refractivity contribution >= 4 is 12.7 Å². The largest absolute Gasteiger partial charge is 0.264 e. The van der Waals surface area contributed by atoms with Crippen LogP contribution in [0.25, 0.3) is 0 Å². The van der Waals surface area contributed by atoms with Crippen molar-refractivity contribution in [2.24, 2.45) is 10.2 Å². The van der Waals surface area contributed by atoms with Gasteiger partial charge in [-0.05, 0) is 0 Å². The summed E-state index contributed by atoms with van der Waals surface area (Å²) in [5, 5.41) is 6.90. The van der Waals surface area contributed by atoms with E-state index in [1.54, 1.807) is 0 Å². The third-order valence-corrected chi connectivity index (χ3v) is 0.366. The van der Waals surface area contributed by atoms with Crippen molar-refractivity contribution in [2.45, 2.75) is 0 Å². The number of hydrogen-bond donors (Lipinski definition) is 1. The fourth-order valence-electron chi connectivity index (χ4n) is 0.181. The van der Waals surface area contributed by atoms with Crippen LogP contribution in [0.1, 0.15) is 0 Å². The van der Waals surface area contributed by atoms with Crippen LogP contribution in [0, 0.1) is 0 Å². The highest BCUT2D eigenvalue weighted by molar-refractivity contribution is 5.64. The minimum Gasteiger partial charge on any atom is -0.264 e. The van der Waals surface area contributed by atoms with E-state index in [0.717, 1.165) is 0 Å². The Morgan fingerprint density at radius 2 is 2.50 bits per heavy atom. The van der Waals surface area contributed by atoms with Crippen LogP contribution in [-0.4, -0.2) is 12.7 Å². The van der Waals surface area contributed by atoms with E-state index in [1.165, 1.54) is 12.7 Å². The predicted molar refractivity (Wildman–Crippen MR) is 22.3 cm³/mol. The van der Waals surface area contributed by atoms with E-state index in [1.807, 2.05) is 0 Å². The summed E-state index contributed by atoms with van der Waals surface area (Å²) in [5.74, 6) is 0. The molecular weight excluding hydrogens is 80.1 g/mol. The second-order valence-electron chi connectivity index (χ2n) is 0.734. The molecule has 0 unspecified atom stereocenters. The van der Waals surface area contributed by atoms with Gasteiger partial charge in [0.05, 0.1) is 0 Å². The van der Waals surface area contributed by atoms with Gasteiger partial charge in [0.2, 0.25) is 0 Å². The molecule has 0 aromatic rings. The van der Waals surface area contributed by atoms with Crippen molar-refractivity contribution in [1.82, 2.24) is 10.9 Å². The molecule has 1 N–H and O–H groups in total. The first-order valence-corrected chi connectivity index (χ1v) is 1.49. The summed E-state index contributed by atoms with van der Waals surface area (Å²) in [4.78, 5) is 0. The lowest BCUT2D eigenvalue weighted by atomic mass is 11.2. The minimum absolute atomic E-state index is 1.33. The first-order valence-electron chi connectivity index (χ1n) is 1.49. The van der Waals surface area contributed by atoms with Crippen LogP contribution in [0.3, 0.4) is 0 Å². The Balaban J connectivity index is 2.40. The Morgan fingerprint density at radius 3 is 2.67 bits per heavy atom. The van der Waals surface area contributed by atoms with Crippen molar-refractivity contribution in [1.29, 1.82) is 0 Å². The van der Waals surface area contributed by atoms with Crippen molar-refractivity contribution in [3.63, 3.8) is 0 Å². The Labute approximate surface area is 34.9 Å². The molecule has 1 aliphatic rings. The lowest BCUT2D eigenvalue weighted by Crippen LogP contribution is -2.11. The van der Waals surface area contributed by atoms with Gasteiger partial charge in [0.15, 0.2) is 6.34 Å². The van der Waals surface area contributed by atoms with Gasteiger partial charge in [0.1, 0.15) is 6.34 Å². The average Bonchev–Trinajstić information content (AvgIpc) is 1.72. The summed E-state index contributed by atoms with van der Waals surface area (Å²) in [6.45, 7) is 0. The monoisotopic (exact) mass is 83.0 g/mol. The van der Waals surface area contributed by atoms with Crippen LogP contribution >= 0.6 is 0 Å². The number of rotatable bonds is 0. The molecule has 0 aromatic carbocycles. The van der Waals surface area contributed by atoms with Crippen molar-refractivity contribution in [2.75, 3.05) is 0 Å².